The summed E-state index contributed by atoms with van der Waals surface area (Å²) in [7, 11) is 1.33. The number of aliphatic hydroxyl groups excluding tert-OH is 8. The Morgan fingerprint density at radius 1 is 0.682 bits per heavy atom. The number of hydrogen-bond acceptors (Lipinski definition) is 23. The Kier molecular flexibility index (Phi) is 14.7. The lowest BCUT2D eigenvalue weighted by molar-refractivity contribution is -0.362. The molecule has 23 nitrogen and oxygen atoms in total. The normalized spacial score (nSPS) is 32.6. The molecule has 4 aromatic rings. The second-order valence-corrected chi connectivity index (χ2v) is 15.6. The first-order chi connectivity index (χ1) is 31.4. The maximum Gasteiger partial charge on any atom is 0.330 e. The lowest BCUT2D eigenvalue weighted by Crippen LogP contribution is -2.65. The van der Waals surface area contributed by atoms with Crippen LogP contribution in [0.4, 0.5) is 0 Å². The number of methoxy groups -OCH3 is 1. The van der Waals surface area contributed by atoms with E-state index in [0.29, 0.717) is 5.56 Å². The van der Waals surface area contributed by atoms with Crippen molar-refractivity contribution in [3.8, 4) is 45.8 Å². The van der Waals surface area contributed by atoms with E-state index >= 15 is 0 Å². The fourth-order valence-electron chi connectivity index (χ4n) is 7.41. The number of benzene rings is 3. The van der Waals surface area contributed by atoms with Gasteiger partial charge in [-0.1, -0.05) is 6.07 Å². The Balaban J connectivity index is 1.18. The minimum absolute atomic E-state index is 0.0786. The fourth-order valence-corrected chi connectivity index (χ4v) is 7.41. The molecule has 4 heterocycles. The smallest absolute Gasteiger partial charge is 0.330 e. The highest BCUT2D eigenvalue weighted by atomic mass is 16.8. The monoisotopic (exact) mass is 932 g/mol. The third-order valence-electron chi connectivity index (χ3n) is 11.1. The largest absolute Gasteiger partial charge is 0.508 e. The van der Waals surface area contributed by atoms with Gasteiger partial charge in [-0.15, -0.1) is 0 Å². The average molecular weight is 933 g/mol. The van der Waals surface area contributed by atoms with Crippen LogP contribution in [0.2, 0.25) is 0 Å². The second-order valence-electron chi connectivity index (χ2n) is 15.6. The van der Waals surface area contributed by atoms with Gasteiger partial charge < -0.3 is 104 Å². The van der Waals surface area contributed by atoms with E-state index in [-0.39, 0.29) is 34.2 Å². The van der Waals surface area contributed by atoms with Crippen LogP contribution in [0.1, 0.15) is 12.5 Å². The first-order valence-electron chi connectivity index (χ1n) is 20.3. The number of aliphatic hydroxyl groups is 8. The molecule has 0 bridgehead atoms. The highest BCUT2D eigenvalue weighted by Crippen LogP contribution is 2.39. The van der Waals surface area contributed by atoms with Crippen molar-refractivity contribution in [2.24, 2.45) is 0 Å². The lowest BCUT2D eigenvalue weighted by Gasteiger charge is -2.46. The van der Waals surface area contributed by atoms with Crippen LogP contribution in [0.15, 0.2) is 69.9 Å². The van der Waals surface area contributed by atoms with Gasteiger partial charge in [-0.05, 0) is 55.0 Å². The number of ether oxygens (including phenoxy) is 8. The number of carbonyl (C=O) groups is 1. The van der Waals surface area contributed by atoms with Gasteiger partial charge in [-0.3, -0.25) is 4.79 Å². The van der Waals surface area contributed by atoms with Gasteiger partial charge in [0.2, 0.25) is 17.5 Å². The summed E-state index contributed by atoms with van der Waals surface area (Å²) in [6.45, 7) is -0.0987. The number of phenolic OH excluding ortho intramolecular Hbond substituents is 4. The first-order valence-corrected chi connectivity index (χ1v) is 20.3. The highest BCUT2D eigenvalue weighted by Gasteiger charge is 2.53. The zero-order valence-electron chi connectivity index (χ0n) is 34.8. The molecular formula is C43H48O23. The van der Waals surface area contributed by atoms with Crippen molar-refractivity contribution in [3.63, 3.8) is 0 Å². The molecule has 3 aliphatic heterocycles. The van der Waals surface area contributed by atoms with Crippen molar-refractivity contribution in [2.45, 2.75) is 99.0 Å². The van der Waals surface area contributed by atoms with Gasteiger partial charge in [0.25, 0.3) is 0 Å². The highest BCUT2D eigenvalue weighted by molar-refractivity contribution is 5.88. The minimum Gasteiger partial charge on any atom is -0.508 e. The number of carbonyl (C=O) groups excluding carboxylic acids is 1. The molecule has 3 aliphatic rings. The molecule has 12 N–H and O–H groups in total. The van der Waals surface area contributed by atoms with E-state index in [1.165, 1.54) is 62.6 Å². The molecule has 3 aromatic carbocycles. The predicted octanol–water partition coefficient (Wildman–Crippen LogP) is -1.59. The number of phenols is 4. The van der Waals surface area contributed by atoms with Crippen LogP contribution >= 0.6 is 0 Å². The fraction of sp³-hybridized carbons (Fsp3) is 0.442. The van der Waals surface area contributed by atoms with Crippen molar-refractivity contribution in [3.05, 3.63) is 76.5 Å². The molecule has 0 saturated carbocycles. The lowest BCUT2D eigenvalue weighted by atomic mass is 9.97. The van der Waals surface area contributed by atoms with Gasteiger partial charge in [0.05, 0.1) is 19.8 Å². The molecule has 7 rings (SSSR count). The quantitative estimate of drug-likeness (QED) is 0.0531. The molecular weight excluding hydrogens is 884 g/mol. The summed E-state index contributed by atoms with van der Waals surface area (Å²) in [5.41, 5.74) is -0.895. The van der Waals surface area contributed by atoms with E-state index in [4.69, 9.17) is 42.3 Å². The molecule has 358 valence electrons. The number of fused-ring (bicyclic) bond motifs is 1. The zero-order chi connectivity index (χ0) is 47.7. The average Bonchev–Trinajstić information content (AvgIpc) is 3.29. The summed E-state index contributed by atoms with van der Waals surface area (Å²) in [4.78, 5) is 26.9. The number of esters is 1. The molecule has 66 heavy (non-hydrogen) atoms. The van der Waals surface area contributed by atoms with Crippen LogP contribution < -0.4 is 14.9 Å². The summed E-state index contributed by atoms with van der Waals surface area (Å²) >= 11 is 0. The summed E-state index contributed by atoms with van der Waals surface area (Å²) in [5, 5.41) is 127. The van der Waals surface area contributed by atoms with Gasteiger partial charge in [-0.2, -0.15) is 0 Å². The minimum atomic E-state index is -2.14. The summed E-state index contributed by atoms with van der Waals surface area (Å²) < 4.78 is 51.1. The van der Waals surface area contributed by atoms with Crippen LogP contribution in [0.25, 0.3) is 28.4 Å². The van der Waals surface area contributed by atoms with Crippen molar-refractivity contribution in [1.82, 2.24) is 0 Å². The number of aromatic hydroxyl groups is 4. The molecule has 3 fully saturated rings. The molecule has 0 aliphatic carbocycles. The molecule has 0 radical (unpaired) electrons. The van der Waals surface area contributed by atoms with Crippen molar-refractivity contribution in [2.75, 3.05) is 20.3 Å². The molecule has 1 aromatic heterocycles. The van der Waals surface area contributed by atoms with Crippen LogP contribution in [-0.2, 0) is 33.2 Å². The van der Waals surface area contributed by atoms with Crippen molar-refractivity contribution >= 4 is 23.0 Å². The summed E-state index contributed by atoms with van der Waals surface area (Å²) in [6, 6.07) is 11.2. The molecule has 0 spiro atoms. The van der Waals surface area contributed by atoms with Crippen molar-refractivity contribution in [1.29, 1.82) is 0 Å². The number of hydrogen-bond donors (Lipinski definition) is 12. The second kappa shape index (κ2) is 20.1. The van der Waals surface area contributed by atoms with Crippen molar-refractivity contribution < 1.29 is 108 Å². The standard InChI is InChI=1S/C43H48O23/c1-16-29(49)33(53)36(56)41(61-16)60-15-26-31(51)35(55)40(43(64-26)65-39-32(52)28-22(47)12-20(45)13-24(28)62-38(39)18-5-7-19(44)8-6-18)66-42-37(57)34(54)30(50)25(63-42)14-59-27(48)10-4-17-3-9-21(46)23(11-17)58-2/h3-13,16,25-26,29-31,33-37,40-47,49-51,53-57H,14-15H2,1-2H3. The number of rotatable bonds is 13. The van der Waals surface area contributed by atoms with Gasteiger partial charge >= 0.3 is 5.97 Å². The van der Waals surface area contributed by atoms with Crippen LogP contribution in [0, 0.1) is 0 Å². The Morgan fingerprint density at radius 2 is 1.33 bits per heavy atom. The van der Waals surface area contributed by atoms with Gasteiger partial charge in [0.15, 0.2) is 35.9 Å². The maximum atomic E-state index is 14.3. The SMILES string of the molecule is COc1cc(C=CC(=O)OCC2OC(OC3C(Oc4c(-c5ccc(O)cc5)oc5cc(O)cc(O)c5c4=O)OC(COC4OC(C)C(O)C(O)C4O)C(O)C3O)C(O)C(O)C2O)ccc1O. The molecule has 0 amide bonds. The topological polar surface area (TPSA) is 364 Å². The van der Waals surface area contributed by atoms with Crippen LogP contribution in [0.3, 0.4) is 0 Å². The Bertz CT molecular complexity index is 2420. The van der Waals surface area contributed by atoms with E-state index in [1.807, 2.05) is 0 Å². The molecule has 23 heteroatoms. The molecule has 15 atom stereocenters. The predicted molar refractivity (Wildman–Crippen MR) is 219 cm³/mol. The van der Waals surface area contributed by atoms with Crippen LogP contribution in [0.5, 0.6) is 34.5 Å². The Morgan fingerprint density at radius 3 is 2.05 bits per heavy atom. The summed E-state index contributed by atoms with van der Waals surface area (Å²) in [5.74, 6) is -3.52. The van der Waals surface area contributed by atoms with E-state index in [9.17, 15) is 70.9 Å². The first kappa shape index (κ1) is 48.3. The zero-order valence-corrected chi connectivity index (χ0v) is 34.8. The van der Waals surface area contributed by atoms with Crippen LogP contribution in [-0.4, -0.2) is 180 Å². The van der Waals surface area contributed by atoms with E-state index in [2.05, 4.69) is 0 Å². The van der Waals surface area contributed by atoms with Gasteiger partial charge in [0, 0.05) is 23.8 Å². The third-order valence-corrected chi connectivity index (χ3v) is 11.1. The third kappa shape index (κ3) is 10.0. The van der Waals surface area contributed by atoms with E-state index in [1.54, 1.807) is 0 Å². The Hall–Kier alpha value is -5.64. The van der Waals surface area contributed by atoms with E-state index in [0.717, 1.165) is 18.2 Å². The van der Waals surface area contributed by atoms with E-state index < -0.39 is 139 Å². The van der Waals surface area contributed by atoms with Gasteiger partial charge in [0.1, 0.15) is 95.9 Å². The molecule has 3 saturated heterocycles. The van der Waals surface area contributed by atoms with Gasteiger partial charge in [-0.25, -0.2) is 4.79 Å². The Labute approximate surface area is 372 Å². The summed E-state index contributed by atoms with van der Waals surface area (Å²) in [6.07, 6.45) is -25.0. The maximum absolute atomic E-state index is 14.3. The molecule has 15 unspecified atom stereocenters.